The van der Waals surface area contributed by atoms with Gasteiger partial charge < -0.3 is 14.8 Å². The van der Waals surface area contributed by atoms with Crippen LogP contribution in [0, 0.1) is 0 Å². The van der Waals surface area contributed by atoms with Gasteiger partial charge in [-0.2, -0.15) is 0 Å². The molecule has 8 heteroatoms. The highest BCUT2D eigenvalue weighted by molar-refractivity contribution is 7.89. The molecule has 0 aliphatic carbocycles. The van der Waals surface area contributed by atoms with Gasteiger partial charge in [-0.1, -0.05) is 12.1 Å². The standard InChI is InChI=1S/C13H20N2O5S/c1-19-10-9-14-7-8-15-21(17,18)12-6-4-3-5-11(12)13(16)20-2/h3-6,14-15H,7-10H2,1-2H3. The van der Waals surface area contributed by atoms with Crippen LogP contribution in [0.4, 0.5) is 0 Å². The van der Waals surface area contributed by atoms with E-state index in [4.69, 9.17) is 4.74 Å². The van der Waals surface area contributed by atoms with Crippen LogP contribution in [0.15, 0.2) is 29.2 Å². The monoisotopic (exact) mass is 316 g/mol. The summed E-state index contributed by atoms with van der Waals surface area (Å²) in [7, 11) is -0.962. The number of ether oxygens (including phenoxy) is 2. The average molecular weight is 316 g/mol. The minimum absolute atomic E-state index is 0.0137. The Hall–Kier alpha value is -1.48. The van der Waals surface area contributed by atoms with Crippen LogP contribution in [0.5, 0.6) is 0 Å². The second-order valence-corrected chi connectivity index (χ2v) is 5.86. The summed E-state index contributed by atoms with van der Waals surface area (Å²) in [5.74, 6) is -0.686. The summed E-state index contributed by atoms with van der Waals surface area (Å²) in [5, 5.41) is 3.02. The summed E-state index contributed by atoms with van der Waals surface area (Å²) in [6.45, 7) is 1.86. The van der Waals surface area contributed by atoms with Crippen LogP contribution < -0.4 is 10.0 Å². The molecule has 21 heavy (non-hydrogen) atoms. The van der Waals surface area contributed by atoms with E-state index in [1.807, 2.05) is 0 Å². The normalized spacial score (nSPS) is 11.3. The second kappa shape index (κ2) is 8.73. The molecule has 2 N–H and O–H groups in total. The minimum Gasteiger partial charge on any atom is -0.465 e. The van der Waals surface area contributed by atoms with Gasteiger partial charge in [0.25, 0.3) is 0 Å². The van der Waals surface area contributed by atoms with E-state index in [9.17, 15) is 13.2 Å². The quantitative estimate of drug-likeness (QED) is 0.491. The Bertz CT molecular complexity index is 559. The molecule has 118 valence electrons. The molecule has 0 aromatic heterocycles. The molecule has 0 aliphatic heterocycles. The summed E-state index contributed by atoms with van der Waals surface area (Å²) in [6.07, 6.45) is 0. The van der Waals surface area contributed by atoms with Crippen molar-refractivity contribution < 1.29 is 22.7 Å². The highest BCUT2D eigenvalue weighted by atomic mass is 32.2. The van der Waals surface area contributed by atoms with Crippen molar-refractivity contribution in [2.75, 3.05) is 40.5 Å². The van der Waals surface area contributed by atoms with Crippen LogP contribution in [0.3, 0.4) is 0 Å². The van der Waals surface area contributed by atoms with Gasteiger partial charge in [-0.15, -0.1) is 0 Å². The van der Waals surface area contributed by atoms with Crippen molar-refractivity contribution in [2.45, 2.75) is 4.90 Å². The Morgan fingerprint density at radius 2 is 1.86 bits per heavy atom. The lowest BCUT2D eigenvalue weighted by Crippen LogP contribution is -2.33. The number of benzene rings is 1. The van der Waals surface area contributed by atoms with Crippen LogP contribution in [-0.2, 0) is 19.5 Å². The number of hydrogen-bond acceptors (Lipinski definition) is 6. The fraction of sp³-hybridized carbons (Fsp3) is 0.462. The summed E-state index contributed by atoms with van der Waals surface area (Å²) in [4.78, 5) is 11.5. The fourth-order valence-corrected chi connectivity index (χ4v) is 2.86. The van der Waals surface area contributed by atoms with Crippen molar-refractivity contribution in [3.8, 4) is 0 Å². The highest BCUT2D eigenvalue weighted by Gasteiger charge is 2.21. The lowest BCUT2D eigenvalue weighted by Gasteiger charge is -2.10. The van der Waals surface area contributed by atoms with Gasteiger partial charge in [0.2, 0.25) is 10.0 Å². The van der Waals surface area contributed by atoms with Crippen LogP contribution in [0.25, 0.3) is 0 Å². The first-order valence-electron chi connectivity index (χ1n) is 6.39. The summed E-state index contributed by atoms with van der Waals surface area (Å²) in [5.41, 5.74) is 0.0137. The molecule has 1 aromatic carbocycles. The number of esters is 1. The predicted octanol–water partition coefficient (Wildman–Crippen LogP) is -0.0125. The molecule has 0 radical (unpaired) electrons. The van der Waals surface area contributed by atoms with E-state index in [1.54, 1.807) is 19.2 Å². The summed E-state index contributed by atoms with van der Waals surface area (Å²) < 4.78 is 36.3. The maximum Gasteiger partial charge on any atom is 0.339 e. The highest BCUT2D eigenvalue weighted by Crippen LogP contribution is 2.15. The maximum absolute atomic E-state index is 12.2. The number of rotatable bonds is 9. The van der Waals surface area contributed by atoms with Crippen molar-refractivity contribution >= 4 is 16.0 Å². The van der Waals surface area contributed by atoms with E-state index in [2.05, 4.69) is 14.8 Å². The third-order valence-corrected chi connectivity index (χ3v) is 4.18. The smallest absolute Gasteiger partial charge is 0.339 e. The van der Waals surface area contributed by atoms with E-state index in [0.29, 0.717) is 19.7 Å². The Morgan fingerprint density at radius 3 is 2.52 bits per heavy atom. The Labute approximate surface area is 124 Å². The first-order chi connectivity index (χ1) is 10.0. The van der Waals surface area contributed by atoms with Crippen molar-refractivity contribution in [1.82, 2.24) is 10.0 Å². The third kappa shape index (κ3) is 5.43. The van der Waals surface area contributed by atoms with Gasteiger partial charge in [0.15, 0.2) is 0 Å². The summed E-state index contributed by atoms with van der Waals surface area (Å²) >= 11 is 0. The molecule has 7 nitrogen and oxygen atoms in total. The van der Waals surface area contributed by atoms with Gasteiger partial charge in [0.05, 0.1) is 24.2 Å². The van der Waals surface area contributed by atoms with Gasteiger partial charge in [0, 0.05) is 26.7 Å². The molecule has 0 saturated heterocycles. The first-order valence-corrected chi connectivity index (χ1v) is 7.88. The molecule has 0 fully saturated rings. The molecular formula is C13H20N2O5S. The third-order valence-electron chi connectivity index (χ3n) is 2.66. The lowest BCUT2D eigenvalue weighted by atomic mass is 10.2. The van der Waals surface area contributed by atoms with E-state index < -0.39 is 16.0 Å². The van der Waals surface area contributed by atoms with Gasteiger partial charge in [0.1, 0.15) is 0 Å². The van der Waals surface area contributed by atoms with Crippen LogP contribution in [0.2, 0.25) is 0 Å². The first kappa shape index (κ1) is 17.6. The van der Waals surface area contributed by atoms with Gasteiger partial charge >= 0.3 is 5.97 Å². The molecule has 0 unspecified atom stereocenters. The number of sulfonamides is 1. The number of nitrogens with one attached hydrogen (secondary N) is 2. The molecule has 0 atom stereocenters. The molecular weight excluding hydrogens is 296 g/mol. The molecule has 0 bridgehead atoms. The minimum atomic E-state index is -3.76. The molecule has 0 saturated carbocycles. The van der Waals surface area contributed by atoms with Crippen LogP contribution in [0.1, 0.15) is 10.4 Å². The Balaban J connectivity index is 2.68. The van der Waals surface area contributed by atoms with Gasteiger partial charge in [-0.3, -0.25) is 0 Å². The lowest BCUT2D eigenvalue weighted by molar-refractivity contribution is 0.0596. The zero-order chi connectivity index (χ0) is 15.7. The second-order valence-electron chi connectivity index (χ2n) is 4.13. The Kier molecular flexibility index (Phi) is 7.30. The average Bonchev–Trinajstić information content (AvgIpc) is 2.50. The SMILES string of the molecule is COCCNCCNS(=O)(=O)c1ccccc1C(=O)OC. The van der Waals surface area contributed by atoms with Gasteiger partial charge in [-0.25, -0.2) is 17.9 Å². The van der Waals surface area contributed by atoms with Crippen molar-refractivity contribution in [2.24, 2.45) is 0 Å². The zero-order valence-corrected chi connectivity index (χ0v) is 12.9. The zero-order valence-electron chi connectivity index (χ0n) is 12.1. The molecule has 0 amide bonds. The molecule has 1 rings (SSSR count). The molecule has 1 aromatic rings. The Morgan fingerprint density at radius 1 is 1.14 bits per heavy atom. The largest absolute Gasteiger partial charge is 0.465 e. The summed E-state index contributed by atoms with van der Waals surface area (Å²) in [6, 6.07) is 5.92. The number of methoxy groups -OCH3 is 2. The van der Waals surface area contributed by atoms with Crippen molar-refractivity contribution in [3.05, 3.63) is 29.8 Å². The number of hydrogen-bond donors (Lipinski definition) is 2. The topological polar surface area (TPSA) is 93.7 Å². The van der Waals surface area contributed by atoms with Crippen LogP contribution in [-0.4, -0.2) is 54.8 Å². The van der Waals surface area contributed by atoms with E-state index >= 15 is 0 Å². The fourth-order valence-electron chi connectivity index (χ4n) is 1.63. The number of carbonyl (C=O) groups is 1. The molecule has 0 aliphatic rings. The van der Waals surface area contributed by atoms with Crippen molar-refractivity contribution in [1.29, 1.82) is 0 Å². The van der Waals surface area contributed by atoms with E-state index in [0.717, 1.165) is 0 Å². The molecule has 0 spiro atoms. The van der Waals surface area contributed by atoms with Gasteiger partial charge in [-0.05, 0) is 12.1 Å². The van der Waals surface area contributed by atoms with Crippen molar-refractivity contribution in [3.63, 3.8) is 0 Å². The molecule has 0 heterocycles. The predicted molar refractivity (Wildman–Crippen MR) is 77.7 cm³/mol. The number of carbonyl (C=O) groups excluding carboxylic acids is 1. The van der Waals surface area contributed by atoms with E-state index in [1.165, 1.54) is 19.2 Å². The maximum atomic E-state index is 12.2. The van der Waals surface area contributed by atoms with E-state index in [-0.39, 0.29) is 17.0 Å². The van der Waals surface area contributed by atoms with Crippen LogP contribution >= 0.6 is 0 Å².